The van der Waals surface area contributed by atoms with E-state index in [1.165, 1.54) is 3.92 Å². The van der Waals surface area contributed by atoms with Gasteiger partial charge in [-0.3, -0.25) is 0 Å². The van der Waals surface area contributed by atoms with Gasteiger partial charge in [0, 0.05) is 0 Å². The molecule has 0 spiro atoms. The van der Waals surface area contributed by atoms with Gasteiger partial charge in [-0.05, 0) is 0 Å². The van der Waals surface area contributed by atoms with Crippen molar-refractivity contribution in [2.75, 3.05) is 13.1 Å². The van der Waals surface area contributed by atoms with Crippen molar-refractivity contribution in [3.05, 3.63) is 30.3 Å². The van der Waals surface area contributed by atoms with Gasteiger partial charge in [0.05, 0.1) is 0 Å². The quantitative estimate of drug-likeness (QED) is 0.768. The molecule has 0 aliphatic heterocycles. The van der Waals surface area contributed by atoms with E-state index in [-0.39, 0.29) is 0 Å². The zero-order valence-electron chi connectivity index (χ0n) is 8.88. The Labute approximate surface area is 92.0 Å². The number of benzene rings is 1. The van der Waals surface area contributed by atoms with Crippen molar-refractivity contribution in [2.24, 2.45) is 0 Å². The van der Waals surface area contributed by atoms with Crippen LogP contribution < -0.4 is 3.82 Å². The van der Waals surface area contributed by atoms with Crippen molar-refractivity contribution >= 4 is 13.3 Å². The second kappa shape index (κ2) is 5.26. The fraction of sp³-hybridized carbons (Fsp3) is 0.400. The van der Waals surface area contributed by atoms with Gasteiger partial charge in [0.2, 0.25) is 0 Å². The van der Waals surface area contributed by atoms with Crippen LogP contribution in [0.3, 0.4) is 0 Å². The molecule has 0 amide bonds. The zero-order chi connectivity index (χ0) is 11.3. The predicted molar refractivity (Wildman–Crippen MR) is 57.1 cm³/mol. The molecule has 0 aliphatic rings. The van der Waals surface area contributed by atoms with Crippen molar-refractivity contribution in [2.45, 2.75) is 13.8 Å². The summed E-state index contributed by atoms with van der Waals surface area (Å²) >= 11 is -4.43. The van der Waals surface area contributed by atoms with Crippen LogP contribution in [0.2, 0.25) is 0 Å². The molecule has 0 aliphatic carbocycles. The molecule has 0 fully saturated rings. The number of hydrogen-bond donors (Lipinski definition) is 0. The maximum absolute atomic E-state index is 11.7. The molecule has 0 saturated carbocycles. The molecule has 0 aromatic heterocycles. The summed E-state index contributed by atoms with van der Waals surface area (Å²) in [6.07, 6.45) is 0. The first-order valence-electron chi connectivity index (χ1n) is 4.84. The molecule has 0 bridgehead atoms. The second-order valence-electron chi connectivity index (χ2n) is 2.94. The van der Waals surface area contributed by atoms with Gasteiger partial charge in [0.15, 0.2) is 0 Å². The minimum atomic E-state index is -4.43. The molecule has 1 rings (SSSR count). The van der Waals surface area contributed by atoms with E-state index in [1.54, 1.807) is 38.1 Å². The van der Waals surface area contributed by atoms with Crippen LogP contribution in [0.4, 0.5) is 0 Å². The summed E-state index contributed by atoms with van der Waals surface area (Å²) in [4.78, 5) is 0. The Morgan fingerprint density at radius 1 is 1.13 bits per heavy atom. The first-order valence-corrected chi connectivity index (χ1v) is 7.71. The average molecular weight is 276 g/mol. The minimum absolute atomic E-state index is 0.370. The van der Waals surface area contributed by atoms with Crippen molar-refractivity contribution in [3.63, 3.8) is 0 Å². The molecular weight excluding hydrogens is 261 g/mol. The first-order chi connectivity index (χ1) is 7.10. The van der Waals surface area contributed by atoms with Crippen molar-refractivity contribution < 1.29 is 11.5 Å². The van der Waals surface area contributed by atoms with Gasteiger partial charge in [-0.2, -0.15) is 0 Å². The van der Waals surface area contributed by atoms with E-state index in [0.717, 1.165) is 0 Å². The topological polar surface area (TPSA) is 46.6 Å². The summed E-state index contributed by atoms with van der Waals surface area (Å²) in [5.74, 6) is 0.370. The Balaban J connectivity index is 2.81. The van der Waals surface area contributed by atoms with E-state index in [1.807, 2.05) is 6.07 Å². The zero-order valence-corrected chi connectivity index (χ0v) is 10.6. The molecule has 0 saturated heterocycles. The molecule has 0 atom stereocenters. The van der Waals surface area contributed by atoms with Gasteiger partial charge in [0.25, 0.3) is 0 Å². The molecule has 5 heteroatoms. The van der Waals surface area contributed by atoms with E-state index in [2.05, 4.69) is 0 Å². The molecule has 0 radical (unpaired) electrons. The van der Waals surface area contributed by atoms with Crippen molar-refractivity contribution in [1.82, 2.24) is 3.92 Å². The Morgan fingerprint density at radius 3 is 2.13 bits per heavy atom. The van der Waals surface area contributed by atoms with Crippen LogP contribution in [0.25, 0.3) is 0 Å². The van der Waals surface area contributed by atoms with E-state index < -0.39 is 13.3 Å². The van der Waals surface area contributed by atoms with Crippen molar-refractivity contribution in [1.29, 1.82) is 0 Å². The van der Waals surface area contributed by atoms with Crippen LogP contribution >= 0.6 is 0 Å². The SMILES string of the molecule is CCN(CC)[Se](=O)(=O)Oc1ccccc1. The summed E-state index contributed by atoms with van der Waals surface area (Å²) in [6.45, 7) is 4.46. The van der Waals surface area contributed by atoms with E-state index in [4.69, 9.17) is 3.82 Å². The number of hydrogen-bond acceptors (Lipinski definition) is 3. The Morgan fingerprint density at radius 2 is 1.67 bits per heavy atom. The summed E-state index contributed by atoms with van der Waals surface area (Å²) in [7, 11) is 0. The molecule has 4 nitrogen and oxygen atoms in total. The fourth-order valence-corrected chi connectivity index (χ4v) is 3.48. The first kappa shape index (κ1) is 12.2. The van der Waals surface area contributed by atoms with E-state index in [0.29, 0.717) is 18.8 Å². The van der Waals surface area contributed by atoms with Crippen LogP contribution in [0.1, 0.15) is 13.8 Å². The van der Waals surface area contributed by atoms with Gasteiger partial charge < -0.3 is 0 Å². The standard InChI is InChI=1S/C10H15NO3Se/c1-3-11(4-2)15(12,13)14-10-8-6-5-7-9-10/h5-9H,3-4H2,1-2H3. The molecule has 1 aromatic carbocycles. The van der Waals surface area contributed by atoms with Gasteiger partial charge >= 0.3 is 91.7 Å². The normalized spacial score (nSPS) is 11.7. The third-order valence-electron chi connectivity index (χ3n) is 1.97. The van der Waals surface area contributed by atoms with Crippen LogP contribution in [-0.4, -0.2) is 30.3 Å². The third kappa shape index (κ3) is 3.30. The summed E-state index contributed by atoms with van der Waals surface area (Å²) in [5.41, 5.74) is 0. The van der Waals surface area contributed by atoms with E-state index >= 15 is 0 Å². The predicted octanol–water partition coefficient (Wildman–Crippen LogP) is 1.70. The fourth-order valence-electron chi connectivity index (χ4n) is 1.19. The molecule has 84 valence electrons. The summed E-state index contributed by atoms with van der Waals surface area (Å²) in [5, 5.41) is 0. The summed E-state index contributed by atoms with van der Waals surface area (Å²) < 4.78 is 29.8. The average Bonchev–Trinajstić information content (AvgIpc) is 2.19. The second-order valence-corrected chi connectivity index (χ2v) is 6.17. The van der Waals surface area contributed by atoms with E-state index in [9.17, 15) is 7.67 Å². The van der Waals surface area contributed by atoms with Crippen LogP contribution in [0.5, 0.6) is 5.75 Å². The van der Waals surface area contributed by atoms with Gasteiger partial charge in [-0.15, -0.1) is 0 Å². The Hall–Kier alpha value is -0.901. The van der Waals surface area contributed by atoms with Gasteiger partial charge in [-0.1, -0.05) is 0 Å². The monoisotopic (exact) mass is 277 g/mol. The molecule has 0 heterocycles. The Bertz CT molecular complexity index is 384. The van der Waals surface area contributed by atoms with Crippen molar-refractivity contribution in [3.8, 4) is 5.75 Å². The molecule has 1 aromatic rings. The maximum atomic E-state index is 11.7. The molecule has 15 heavy (non-hydrogen) atoms. The number of nitrogens with zero attached hydrogens (tertiary/aromatic N) is 1. The molecule has 0 unspecified atom stereocenters. The van der Waals surface area contributed by atoms with Crippen LogP contribution in [0.15, 0.2) is 30.3 Å². The number of para-hydroxylation sites is 1. The van der Waals surface area contributed by atoms with Crippen LogP contribution in [0, 0.1) is 0 Å². The summed E-state index contributed by atoms with van der Waals surface area (Å²) in [6, 6.07) is 8.55. The Kier molecular flexibility index (Phi) is 4.27. The van der Waals surface area contributed by atoms with Gasteiger partial charge in [-0.25, -0.2) is 0 Å². The van der Waals surface area contributed by atoms with Crippen LogP contribution in [-0.2, 0) is 7.67 Å². The molecule has 0 N–H and O–H groups in total. The third-order valence-corrected chi connectivity index (χ3v) is 5.22. The number of rotatable bonds is 5. The molecular formula is C10H15NO3Se. The van der Waals surface area contributed by atoms with Gasteiger partial charge in [0.1, 0.15) is 0 Å².